The summed E-state index contributed by atoms with van der Waals surface area (Å²) >= 11 is 0. The van der Waals surface area contributed by atoms with Crippen molar-refractivity contribution >= 4 is 16.7 Å². The molecule has 31 heavy (non-hydrogen) atoms. The van der Waals surface area contributed by atoms with E-state index in [0.717, 1.165) is 40.0 Å². The first-order chi connectivity index (χ1) is 15.3. The monoisotopic (exact) mass is 411 g/mol. The summed E-state index contributed by atoms with van der Waals surface area (Å²) in [5.41, 5.74) is 4.53. The fourth-order valence-electron chi connectivity index (χ4n) is 3.91. The number of rotatable bonds is 5. The quantitative estimate of drug-likeness (QED) is 0.535. The molecule has 0 aliphatic carbocycles. The van der Waals surface area contributed by atoms with Crippen molar-refractivity contribution in [3.05, 3.63) is 77.0 Å². The predicted molar refractivity (Wildman–Crippen MR) is 117 cm³/mol. The Morgan fingerprint density at radius 1 is 1.16 bits per heavy atom. The summed E-state index contributed by atoms with van der Waals surface area (Å²) in [6, 6.07) is 19.9. The van der Waals surface area contributed by atoms with E-state index < -0.39 is 0 Å². The van der Waals surface area contributed by atoms with Gasteiger partial charge in [-0.25, -0.2) is 9.55 Å². The van der Waals surface area contributed by atoms with Crippen LogP contribution in [0.2, 0.25) is 0 Å². The molecule has 0 bridgehead atoms. The maximum atomic E-state index is 9.50. The molecule has 0 atom stereocenters. The molecular weight excluding hydrogens is 390 g/mol. The van der Waals surface area contributed by atoms with Gasteiger partial charge in [-0.15, -0.1) is 0 Å². The van der Waals surface area contributed by atoms with Gasteiger partial charge in [0.1, 0.15) is 5.82 Å². The molecule has 0 saturated heterocycles. The van der Waals surface area contributed by atoms with Crippen LogP contribution in [0, 0.1) is 11.3 Å². The SMILES string of the molecule is COc1cc2c(C#N)cccc2n1-c1nc2c(c(NCc3ccccc3)n1)COCC2. The average Bonchev–Trinajstić information content (AvgIpc) is 3.22. The summed E-state index contributed by atoms with van der Waals surface area (Å²) in [4.78, 5) is 9.71. The van der Waals surface area contributed by atoms with Crippen molar-refractivity contribution in [3.8, 4) is 17.9 Å². The number of hydrogen-bond donors (Lipinski definition) is 1. The average molecular weight is 411 g/mol. The molecule has 0 radical (unpaired) electrons. The molecule has 0 spiro atoms. The van der Waals surface area contributed by atoms with Gasteiger partial charge in [0, 0.05) is 30.0 Å². The smallest absolute Gasteiger partial charge is 0.239 e. The highest BCUT2D eigenvalue weighted by Crippen LogP contribution is 2.32. The second-order valence-electron chi connectivity index (χ2n) is 7.31. The van der Waals surface area contributed by atoms with Crippen molar-refractivity contribution in [2.24, 2.45) is 0 Å². The Hall–Kier alpha value is -3.89. The molecule has 7 nitrogen and oxygen atoms in total. The highest BCUT2D eigenvalue weighted by atomic mass is 16.5. The van der Waals surface area contributed by atoms with E-state index in [0.29, 0.717) is 37.2 Å². The zero-order valence-electron chi connectivity index (χ0n) is 17.1. The molecule has 3 heterocycles. The third kappa shape index (κ3) is 3.47. The Balaban J connectivity index is 1.64. The first kappa shape index (κ1) is 19.1. The molecule has 0 saturated carbocycles. The largest absolute Gasteiger partial charge is 0.482 e. The van der Waals surface area contributed by atoms with E-state index in [1.165, 1.54) is 0 Å². The normalized spacial score (nSPS) is 12.9. The third-order valence-corrected chi connectivity index (χ3v) is 5.46. The maximum absolute atomic E-state index is 9.50. The van der Waals surface area contributed by atoms with Crippen molar-refractivity contribution < 1.29 is 9.47 Å². The summed E-state index contributed by atoms with van der Waals surface area (Å²) in [6.07, 6.45) is 0.718. The number of hydrogen-bond acceptors (Lipinski definition) is 6. The van der Waals surface area contributed by atoms with Gasteiger partial charge in [0.2, 0.25) is 11.8 Å². The highest BCUT2D eigenvalue weighted by molar-refractivity contribution is 5.89. The second kappa shape index (κ2) is 8.09. The van der Waals surface area contributed by atoms with Crippen LogP contribution in [0.5, 0.6) is 5.88 Å². The summed E-state index contributed by atoms with van der Waals surface area (Å²) in [5, 5.41) is 13.8. The fraction of sp³-hybridized carbons (Fsp3) is 0.208. The first-order valence-electron chi connectivity index (χ1n) is 10.1. The molecule has 1 aliphatic heterocycles. The Bertz CT molecular complexity index is 1290. The molecule has 7 heteroatoms. The summed E-state index contributed by atoms with van der Waals surface area (Å²) in [6.45, 7) is 1.75. The summed E-state index contributed by atoms with van der Waals surface area (Å²) < 4.78 is 13.2. The van der Waals surface area contributed by atoms with Gasteiger partial charge < -0.3 is 14.8 Å². The highest BCUT2D eigenvalue weighted by Gasteiger charge is 2.22. The Morgan fingerprint density at radius 3 is 2.84 bits per heavy atom. The molecule has 0 unspecified atom stereocenters. The number of nitrogens with zero attached hydrogens (tertiary/aromatic N) is 4. The summed E-state index contributed by atoms with van der Waals surface area (Å²) in [7, 11) is 1.61. The minimum atomic E-state index is 0.481. The lowest BCUT2D eigenvalue weighted by Gasteiger charge is -2.21. The van der Waals surface area contributed by atoms with Gasteiger partial charge in [-0.3, -0.25) is 0 Å². The number of anilines is 1. The zero-order chi connectivity index (χ0) is 21.2. The van der Waals surface area contributed by atoms with Gasteiger partial charge in [0.05, 0.1) is 43.2 Å². The molecule has 0 amide bonds. The predicted octanol–water partition coefficient (Wildman–Crippen LogP) is 3.99. The van der Waals surface area contributed by atoms with Crippen LogP contribution in [-0.2, 0) is 24.3 Å². The molecule has 0 fully saturated rings. The van der Waals surface area contributed by atoms with E-state index in [4.69, 9.17) is 19.4 Å². The molecule has 1 N–H and O–H groups in total. The standard InChI is InChI=1S/C24H21N5O2/c1-30-22-12-18-17(13-25)8-5-9-21(18)29(22)24-27-20-10-11-31-15-19(20)23(28-24)26-14-16-6-3-2-4-7-16/h2-9,12H,10-11,14-15H2,1H3,(H,26,27,28). The van der Waals surface area contributed by atoms with Crippen LogP contribution in [0.3, 0.4) is 0 Å². The van der Waals surface area contributed by atoms with Crippen LogP contribution >= 0.6 is 0 Å². The van der Waals surface area contributed by atoms with Crippen LogP contribution in [-0.4, -0.2) is 28.3 Å². The van der Waals surface area contributed by atoms with Crippen LogP contribution in [0.25, 0.3) is 16.9 Å². The molecule has 5 rings (SSSR count). The zero-order valence-corrected chi connectivity index (χ0v) is 17.1. The number of benzene rings is 2. The van der Waals surface area contributed by atoms with Crippen LogP contribution < -0.4 is 10.1 Å². The molecule has 154 valence electrons. The molecule has 1 aliphatic rings. The topological polar surface area (TPSA) is 85.0 Å². The van der Waals surface area contributed by atoms with Gasteiger partial charge in [-0.1, -0.05) is 36.4 Å². The van der Waals surface area contributed by atoms with Crippen molar-refractivity contribution in [3.63, 3.8) is 0 Å². The second-order valence-corrected chi connectivity index (χ2v) is 7.31. The first-order valence-corrected chi connectivity index (χ1v) is 10.1. The maximum Gasteiger partial charge on any atom is 0.239 e. The number of aromatic nitrogens is 3. The molecule has 2 aromatic carbocycles. The minimum Gasteiger partial charge on any atom is -0.482 e. The van der Waals surface area contributed by atoms with E-state index in [1.807, 2.05) is 41.0 Å². The number of fused-ring (bicyclic) bond motifs is 2. The van der Waals surface area contributed by atoms with Gasteiger partial charge in [0.15, 0.2) is 0 Å². The van der Waals surface area contributed by atoms with Crippen molar-refractivity contribution in [1.29, 1.82) is 5.26 Å². The lowest BCUT2D eigenvalue weighted by molar-refractivity contribution is 0.109. The molecular formula is C24H21N5O2. The van der Waals surface area contributed by atoms with Gasteiger partial charge in [0.25, 0.3) is 0 Å². The van der Waals surface area contributed by atoms with Crippen molar-refractivity contribution in [2.75, 3.05) is 19.0 Å². The number of ether oxygens (including phenoxy) is 2. The Morgan fingerprint density at radius 2 is 2.03 bits per heavy atom. The number of nitrogens with one attached hydrogen (secondary N) is 1. The lowest BCUT2D eigenvalue weighted by atomic mass is 10.1. The van der Waals surface area contributed by atoms with Gasteiger partial charge in [-0.05, 0) is 17.7 Å². The van der Waals surface area contributed by atoms with Crippen molar-refractivity contribution in [1.82, 2.24) is 14.5 Å². The van der Waals surface area contributed by atoms with Crippen LogP contribution in [0.4, 0.5) is 5.82 Å². The number of nitriles is 1. The minimum absolute atomic E-state index is 0.481. The van der Waals surface area contributed by atoms with E-state index in [1.54, 1.807) is 13.2 Å². The van der Waals surface area contributed by atoms with Crippen molar-refractivity contribution in [2.45, 2.75) is 19.6 Å². The van der Waals surface area contributed by atoms with E-state index in [9.17, 15) is 5.26 Å². The van der Waals surface area contributed by atoms with E-state index in [-0.39, 0.29) is 0 Å². The van der Waals surface area contributed by atoms with Crippen LogP contribution in [0.15, 0.2) is 54.6 Å². The van der Waals surface area contributed by atoms with Gasteiger partial charge >= 0.3 is 0 Å². The molecule has 4 aromatic rings. The van der Waals surface area contributed by atoms with E-state index in [2.05, 4.69) is 23.5 Å². The lowest BCUT2D eigenvalue weighted by Crippen LogP contribution is -2.18. The Kier molecular flexibility index (Phi) is 4.98. The Labute approximate surface area is 179 Å². The third-order valence-electron chi connectivity index (χ3n) is 5.46. The van der Waals surface area contributed by atoms with Crippen LogP contribution in [0.1, 0.15) is 22.4 Å². The number of methoxy groups -OCH3 is 1. The fourth-order valence-corrected chi connectivity index (χ4v) is 3.91. The van der Waals surface area contributed by atoms with Gasteiger partial charge in [-0.2, -0.15) is 10.2 Å². The van der Waals surface area contributed by atoms with E-state index >= 15 is 0 Å². The summed E-state index contributed by atoms with van der Waals surface area (Å²) in [5.74, 6) is 1.85. The molecule has 2 aromatic heterocycles.